The third-order valence-electron chi connectivity index (χ3n) is 6.19. The summed E-state index contributed by atoms with van der Waals surface area (Å²) in [6, 6.07) is 14.7. The molecular formula is C27H21ClF3N5O2S. The van der Waals surface area contributed by atoms with E-state index in [4.69, 9.17) is 29.1 Å². The zero-order valence-corrected chi connectivity index (χ0v) is 22.3. The first-order chi connectivity index (χ1) is 18.3. The van der Waals surface area contributed by atoms with Gasteiger partial charge in [0.2, 0.25) is 5.91 Å². The Morgan fingerprint density at radius 3 is 2.49 bits per heavy atom. The number of alkyl halides is 3. The average molecular weight is 572 g/mol. The third-order valence-corrected chi connectivity index (χ3v) is 6.91. The minimum atomic E-state index is -4.79. The van der Waals surface area contributed by atoms with Gasteiger partial charge in [0, 0.05) is 29.1 Å². The lowest BCUT2D eigenvalue weighted by molar-refractivity contribution is -0.137. The molecule has 4 rings (SSSR count). The highest BCUT2D eigenvalue weighted by molar-refractivity contribution is 7.81. The van der Waals surface area contributed by atoms with Crippen molar-refractivity contribution >= 4 is 52.1 Å². The maximum Gasteiger partial charge on any atom is 0.417 e. The highest BCUT2D eigenvalue weighted by Gasteiger charge is 2.50. The van der Waals surface area contributed by atoms with Gasteiger partial charge in [-0.3, -0.25) is 19.5 Å². The van der Waals surface area contributed by atoms with Crippen LogP contribution in [0.2, 0.25) is 5.02 Å². The number of pyridine rings is 1. The van der Waals surface area contributed by atoms with Gasteiger partial charge in [0.05, 0.1) is 29.3 Å². The number of halogens is 4. The van der Waals surface area contributed by atoms with Gasteiger partial charge in [0.15, 0.2) is 5.11 Å². The van der Waals surface area contributed by atoms with E-state index in [1.54, 1.807) is 56.4 Å². The second kappa shape index (κ2) is 10.6. The Bertz CT molecular complexity index is 1510. The lowest BCUT2D eigenvalue weighted by atomic mass is 10.0. The monoisotopic (exact) mass is 571 g/mol. The fraction of sp³-hybridized carbons (Fsp3) is 0.222. The van der Waals surface area contributed by atoms with Gasteiger partial charge in [-0.1, -0.05) is 23.7 Å². The topological polar surface area (TPSA) is 89.3 Å². The molecule has 0 bridgehead atoms. The van der Waals surface area contributed by atoms with Crippen LogP contribution in [0, 0.1) is 11.3 Å². The Labute approximate surface area is 232 Å². The quantitative estimate of drug-likeness (QED) is 0.399. The van der Waals surface area contributed by atoms with E-state index in [0.29, 0.717) is 22.0 Å². The van der Waals surface area contributed by atoms with E-state index < -0.39 is 28.7 Å². The summed E-state index contributed by atoms with van der Waals surface area (Å²) in [6.07, 6.45) is -3.09. The highest BCUT2D eigenvalue weighted by Crippen LogP contribution is 2.40. The van der Waals surface area contributed by atoms with Gasteiger partial charge in [-0.25, -0.2) is 0 Å². The number of nitrogens with one attached hydrogen (secondary N) is 1. The number of rotatable bonds is 6. The Balaban J connectivity index is 1.57. The normalized spacial score (nSPS) is 14.9. The summed E-state index contributed by atoms with van der Waals surface area (Å²) in [6.45, 7) is 3.33. The SMILES string of the molecule is CC1(C)C(=O)N(c2ccc(C#N)c(C(F)(F)F)c2)C(=S)N1c1ccc(CNC(=O)Cc2ccccn2)c(Cl)c1. The van der Waals surface area contributed by atoms with Crippen LogP contribution in [0.4, 0.5) is 24.5 Å². The molecule has 7 nitrogen and oxygen atoms in total. The summed E-state index contributed by atoms with van der Waals surface area (Å²) in [5.74, 6) is -0.787. The van der Waals surface area contributed by atoms with Gasteiger partial charge in [0.25, 0.3) is 5.91 Å². The maximum absolute atomic E-state index is 13.6. The number of carbonyl (C=O) groups is 2. The molecule has 2 heterocycles. The minimum absolute atomic E-state index is 0.0460. The summed E-state index contributed by atoms with van der Waals surface area (Å²) in [7, 11) is 0. The summed E-state index contributed by atoms with van der Waals surface area (Å²) >= 11 is 12.1. The van der Waals surface area contributed by atoms with Gasteiger partial charge in [0.1, 0.15) is 5.54 Å². The lowest BCUT2D eigenvalue weighted by Crippen LogP contribution is -2.44. The summed E-state index contributed by atoms with van der Waals surface area (Å²) in [5.41, 5.74) is -1.40. The number of amides is 2. The van der Waals surface area contributed by atoms with Crippen LogP contribution in [0.5, 0.6) is 0 Å². The molecule has 39 heavy (non-hydrogen) atoms. The fourth-order valence-corrected chi connectivity index (χ4v) is 4.97. The van der Waals surface area contributed by atoms with Crippen molar-refractivity contribution in [1.29, 1.82) is 5.26 Å². The molecule has 2 amide bonds. The smallest absolute Gasteiger partial charge is 0.352 e. The van der Waals surface area contributed by atoms with Crippen molar-refractivity contribution in [3.63, 3.8) is 0 Å². The Morgan fingerprint density at radius 2 is 1.87 bits per heavy atom. The summed E-state index contributed by atoms with van der Waals surface area (Å²) in [5, 5.41) is 12.1. The molecule has 1 aromatic heterocycles. The van der Waals surface area contributed by atoms with E-state index in [2.05, 4.69) is 10.3 Å². The number of aromatic nitrogens is 1. The van der Waals surface area contributed by atoms with Crippen LogP contribution >= 0.6 is 23.8 Å². The molecule has 0 saturated carbocycles. The van der Waals surface area contributed by atoms with E-state index in [-0.39, 0.29) is 29.7 Å². The largest absolute Gasteiger partial charge is 0.417 e. The second-order valence-corrected chi connectivity index (χ2v) is 9.98. The van der Waals surface area contributed by atoms with Gasteiger partial charge in [-0.15, -0.1) is 0 Å². The molecule has 0 aliphatic carbocycles. The maximum atomic E-state index is 13.6. The van der Waals surface area contributed by atoms with Crippen molar-refractivity contribution in [2.24, 2.45) is 0 Å². The number of benzene rings is 2. The van der Waals surface area contributed by atoms with Crippen molar-refractivity contribution in [3.8, 4) is 6.07 Å². The number of hydrogen-bond donors (Lipinski definition) is 1. The standard InChI is InChI=1S/C27H21ClF3N5O2S/c1-26(2)24(38)35(19-8-6-16(14-32)21(12-19)27(29,30)31)25(39)36(26)20-9-7-17(22(28)13-20)15-34-23(37)11-18-5-3-4-10-33-18/h3-10,12-13H,11,15H2,1-2H3,(H,34,37). The Morgan fingerprint density at radius 1 is 1.15 bits per heavy atom. The van der Waals surface area contributed by atoms with Gasteiger partial charge in [-0.2, -0.15) is 18.4 Å². The van der Waals surface area contributed by atoms with E-state index in [0.717, 1.165) is 17.0 Å². The van der Waals surface area contributed by atoms with Crippen molar-refractivity contribution in [2.45, 2.75) is 38.5 Å². The van der Waals surface area contributed by atoms with Crippen LogP contribution in [0.15, 0.2) is 60.8 Å². The van der Waals surface area contributed by atoms with E-state index in [9.17, 15) is 22.8 Å². The van der Waals surface area contributed by atoms with Crippen LogP contribution in [-0.2, 0) is 28.7 Å². The van der Waals surface area contributed by atoms with Gasteiger partial charge in [-0.05, 0) is 74.1 Å². The minimum Gasteiger partial charge on any atom is -0.352 e. The van der Waals surface area contributed by atoms with Crippen LogP contribution in [0.3, 0.4) is 0 Å². The number of anilines is 2. The first-order valence-corrected chi connectivity index (χ1v) is 12.4. The van der Waals surface area contributed by atoms with Crippen LogP contribution in [-0.4, -0.2) is 27.4 Å². The van der Waals surface area contributed by atoms with Crippen molar-refractivity contribution in [2.75, 3.05) is 9.80 Å². The molecule has 1 aliphatic rings. The molecule has 1 N–H and O–H groups in total. The van der Waals surface area contributed by atoms with E-state index >= 15 is 0 Å². The molecule has 0 unspecified atom stereocenters. The predicted molar refractivity (Wildman–Crippen MR) is 144 cm³/mol. The van der Waals surface area contributed by atoms with Crippen molar-refractivity contribution in [3.05, 3.63) is 88.2 Å². The highest BCUT2D eigenvalue weighted by atomic mass is 35.5. The summed E-state index contributed by atoms with van der Waals surface area (Å²) in [4.78, 5) is 32.3. The molecule has 3 aromatic rings. The number of thiocarbonyl (C=S) groups is 1. The molecular weight excluding hydrogens is 551 g/mol. The molecule has 1 aliphatic heterocycles. The first kappa shape index (κ1) is 28.0. The molecule has 200 valence electrons. The zero-order valence-electron chi connectivity index (χ0n) is 20.7. The average Bonchev–Trinajstić information content (AvgIpc) is 3.06. The molecule has 12 heteroatoms. The van der Waals surface area contributed by atoms with Crippen LogP contribution in [0.25, 0.3) is 0 Å². The van der Waals surface area contributed by atoms with E-state index in [1.165, 1.54) is 17.0 Å². The Hall–Kier alpha value is -4.01. The first-order valence-electron chi connectivity index (χ1n) is 11.6. The Kier molecular flexibility index (Phi) is 7.63. The fourth-order valence-electron chi connectivity index (χ4n) is 4.20. The predicted octanol–water partition coefficient (Wildman–Crippen LogP) is 5.40. The zero-order chi connectivity index (χ0) is 28.5. The van der Waals surface area contributed by atoms with Gasteiger partial charge < -0.3 is 10.2 Å². The molecule has 0 atom stereocenters. The van der Waals surface area contributed by atoms with Crippen LogP contribution in [0.1, 0.15) is 36.2 Å². The second-order valence-electron chi connectivity index (χ2n) is 9.21. The number of hydrogen-bond acceptors (Lipinski definition) is 5. The van der Waals surface area contributed by atoms with Crippen LogP contribution < -0.4 is 15.1 Å². The van der Waals surface area contributed by atoms with E-state index in [1.807, 2.05) is 0 Å². The van der Waals surface area contributed by atoms with Crippen molar-refractivity contribution < 1.29 is 22.8 Å². The molecule has 0 spiro atoms. The lowest BCUT2D eigenvalue weighted by Gasteiger charge is -2.29. The van der Waals surface area contributed by atoms with Crippen molar-refractivity contribution in [1.82, 2.24) is 10.3 Å². The molecule has 1 fully saturated rings. The third kappa shape index (κ3) is 5.57. The number of nitrogens with zero attached hydrogens (tertiary/aromatic N) is 4. The molecule has 1 saturated heterocycles. The molecule has 0 radical (unpaired) electrons. The molecule has 2 aromatic carbocycles. The van der Waals surface area contributed by atoms with Gasteiger partial charge >= 0.3 is 6.18 Å². The number of nitriles is 1. The number of carbonyl (C=O) groups excluding carboxylic acids is 2. The summed E-state index contributed by atoms with van der Waals surface area (Å²) < 4.78 is 40.7.